The molecule has 0 saturated carbocycles. The number of hydrogen-bond acceptors (Lipinski definition) is 6. The molecular formula is C46H87NO7P+. The number of quaternary nitrogens is 1. The lowest BCUT2D eigenvalue weighted by Crippen LogP contribution is -2.37. The Kier molecular flexibility index (Phi) is 37.9. The summed E-state index contributed by atoms with van der Waals surface area (Å²) < 4.78 is 34.7. The zero-order chi connectivity index (χ0) is 40.6. The summed E-state index contributed by atoms with van der Waals surface area (Å²) in [6.07, 6.45) is 48.2. The molecule has 0 spiro atoms. The van der Waals surface area contributed by atoms with Crippen molar-refractivity contribution in [3.05, 3.63) is 48.8 Å². The number of esters is 1. The summed E-state index contributed by atoms with van der Waals surface area (Å²) in [6, 6.07) is 0. The average molecular weight is 797 g/mol. The number of unbranched alkanes of at least 4 members (excludes halogenated alkanes) is 21. The van der Waals surface area contributed by atoms with Crippen molar-refractivity contribution in [1.29, 1.82) is 0 Å². The number of hydrogen-bond donors (Lipinski definition) is 1. The van der Waals surface area contributed by atoms with Gasteiger partial charge in [0.05, 0.1) is 34.0 Å². The molecule has 1 unspecified atom stereocenters. The van der Waals surface area contributed by atoms with Gasteiger partial charge in [-0.25, -0.2) is 4.57 Å². The predicted molar refractivity (Wildman–Crippen MR) is 233 cm³/mol. The van der Waals surface area contributed by atoms with Crippen LogP contribution < -0.4 is 0 Å². The van der Waals surface area contributed by atoms with Gasteiger partial charge >= 0.3 is 13.8 Å². The number of allylic oxidation sites excluding steroid dienone is 7. The van der Waals surface area contributed by atoms with E-state index in [1.165, 1.54) is 122 Å². The van der Waals surface area contributed by atoms with Gasteiger partial charge in [-0.05, 0) is 63.9 Å². The van der Waals surface area contributed by atoms with E-state index < -0.39 is 13.9 Å². The smallest absolute Gasteiger partial charge is 0.472 e. The Balaban J connectivity index is 4.32. The number of carbonyl (C=O) groups excluding carboxylic acids is 1. The predicted octanol–water partition coefficient (Wildman–Crippen LogP) is 13.5. The minimum Gasteiger partial charge on any atom is -0.498 e. The molecule has 1 N–H and O–H groups in total. The van der Waals surface area contributed by atoms with Crippen LogP contribution in [-0.4, -0.2) is 69.0 Å². The molecule has 0 aromatic rings. The molecule has 8 nitrogen and oxygen atoms in total. The molecule has 0 aromatic carbocycles. The summed E-state index contributed by atoms with van der Waals surface area (Å²) in [5, 5.41) is 0. The Hall–Kier alpha value is -1.70. The molecule has 322 valence electrons. The molecule has 0 amide bonds. The third-order valence-electron chi connectivity index (χ3n) is 9.46. The highest BCUT2D eigenvalue weighted by molar-refractivity contribution is 7.47. The van der Waals surface area contributed by atoms with Gasteiger partial charge in [-0.1, -0.05) is 159 Å². The molecule has 2 atom stereocenters. The maximum atomic E-state index is 12.7. The van der Waals surface area contributed by atoms with Crippen molar-refractivity contribution in [2.75, 3.05) is 47.5 Å². The van der Waals surface area contributed by atoms with Crippen LogP contribution >= 0.6 is 7.82 Å². The third kappa shape index (κ3) is 43.3. The van der Waals surface area contributed by atoms with E-state index in [0.29, 0.717) is 17.4 Å². The van der Waals surface area contributed by atoms with Crippen molar-refractivity contribution in [3.63, 3.8) is 0 Å². The lowest BCUT2D eigenvalue weighted by molar-refractivity contribution is -0.870. The Labute approximate surface area is 339 Å². The van der Waals surface area contributed by atoms with Crippen molar-refractivity contribution in [2.24, 2.45) is 0 Å². The van der Waals surface area contributed by atoms with Crippen LogP contribution in [-0.2, 0) is 27.9 Å². The van der Waals surface area contributed by atoms with Gasteiger partial charge in [0.25, 0.3) is 0 Å². The van der Waals surface area contributed by atoms with Crippen molar-refractivity contribution in [3.8, 4) is 0 Å². The monoisotopic (exact) mass is 797 g/mol. The fraction of sp³-hybridized carbons (Fsp3) is 0.804. The summed E-state index contributed by atoms with van der Waals surface area (Å²) >= 11 is 0. The topological polar surface area (TPSA) is 91.3 Å². The SMILES string of the molecule is CCCCC/C=C\C/C=C\C/C=C\CCCCC(=O)O[C@H](CO/C=C\CCCCCCCCCCCCCCCCCC)COP(=O)(O)OCC[N+](C)(C)C. The van der Waals surface area contributed by atoms with E-state index in [9.17, 15) is 14.3 Å². The van der Waals surface area contributed by atoms with Crippen LogP contribution in [0.5, 0.6) is 0 Å². The highest BCUT2D eigenvalue weighted by Crippen LogP contribution is 2.43. The first-order chi connectivity index (χ1) is 26.6. The van der Waals surface area contributed by atoms with Gasteiger partial charge in [0.1, 0.15) is 19.8 Å². The zero-order valence-electron chi connectivity index (χ0n) is 36.4. The molecule has 9 heteroatoms. The molecule has 0 saturated heterocycles. The van der Waals surface area contributed by atoms with Gasteiger partial charge in [0.15, 0.2) is 6.10 Å². The minimum atomic E-state index is -4.30. The van der Waals surface area contributed by atoms with E-state index in [0.717, 1.165) is 38.5 Å². The number of phosphoric ester groups is 1. The van der Waals surface area contributed by atoms with Crippen LogP contribution in [0.1, 0.15) is 187 Å². The minimum absolute atomic E-state index is 0.0327. The number of carbonyl (C=O) groups is 1. The summed E-state index contributed by atoms with van der Waals surface area (Å²) in [6.45, 7) is 4.86. The fourth-order valence-corrected chi connectivity index (χ4v) is 6.68. The number of ether oxygens (including phenoxy) is 2. The van der Waals surface area contributed by atoms with Crippen LogP contribution in [0, 0.1) is 0 Å². The molecule has 0 aliphatic heterocycles. The summed E-state index contributed by atoms with van der Waals surface area (Å²) in [7, 11) is 1.61. The van der Waals surface area contributed by atoms with Gasteiger partial charge in [0, 0.05) is 6.42 Å². The average Bonchev–Trinajstić information content (AvgIpc) is 3.13. The summed E-state index contributed by atoms with van der Waals surface area (Å²) in [5.74, 6) is -0.372. The number of nitrogens with zero attached hydrogens (tertiary/aromatic N) is 1. The maximum Gasteiger partial charge on any atom is 0.472 e. The second kappa shape index (κ2) is 39.1. The molecule has 0 bridgehead atoms. The number of likely N-dealkylation sites (N-methyl/N-ethyl adjacent to an activating group) is 1. The second-order valence-corrected chi connectivity index (χ2v) is 17.6. The molecule has 0 radical (unpaired) electrons. The van der Waals surface area contributed by atoms with E-state index in [1.807, 2.05) is 27.2 Å². The highest BCUT2D eigenvalue weighted by atomic mass is 31.2. The molecule has 0 heterocycles. The Morgan fingerprint density at radius 1 is 0.582 bits per heavy atom. The third-order valence-corrected chi connectivity index (χ3v) is 10.4. The molecule has 0 aromatic heterocycles. The van der Waals surface area contributed by atoms with Crippen LogP contribution in [0.15, 0.2) is 48.8 Å². The van der Waals surface area contributed by atoms with Crippen molar-refractivity contribution in [1.82, 2.24) is 0 Å². The van der Waals surface area contributed by atoms with Crippen molar-refractivity contribution >= 4 is 13.8 Å². The molecular weight excluding hydrogens is 709 g/mol. The highest BCUT2D eigenvalue weighted by Gasteiger charge is 2.26. The van der Waals surface area contributed by atoms with E-state index in [4.69, 9.17) is 18.5 Å². The Morgan fingerprint density at radius 2 is 1.02 bits per heavy atom. The van der Waals surface area contributed by atoms with Crippen LogP contribution in [0.2, 0.25) is 0 Å². The molecule has 0 rings (SSSR count). The van der Waals surface area contributed by atoms with Gasteiger partial charge in [0.2, 0.25) is 0 Å². The number of phosphoric acid groups is 1. The zero-order valence-corrected chi connectivity index (χ0v) is 37.3. The van der Waals surface area contributed by atoms with Gasteiger partial charge < -0.3 is 18.9 Å². The van der Waals surface area contributed by atoms with Crippen LogP contribution in [0.3, 0.4) is 0 Å². The van der Waals surface area contributed by atoms with Crippen molar-refractivity contribution in [2.45, 2.75) is 193 Å². The van der Waals surface area contributed by atoms with E-state index in [-0.39, 0.29) is 32.2 Å². The van der Waals surface area contributed by atoms with E-state index >= 15 is 0 Å². The van der Waals surface area contributed by atoms with Gasteiger partial charge in [-0.15, -0.1) is 0 Å². The van der Waals surface area contributed by atoms with E-state index in [1.54, 1.807) is 6.26 Å². The lowest BCUT2D eigenvalue weighted by atomic mass is 10.0. The summed E-state index contributed by atoms with van der Waals surface area (Å²) in [4.78, 5) is 22.8. The molecule has 55 heavy (non-hydrogen) atoms. The fourth-order valence-electron chi connectivity index (χ4n) is 5.94. The van der Waals surface area contributed by atoms with Gasteiger partial charge in [-0.2, -0.15) is 0 Å². The molecule has 0 aliphatic rings. The van der Waals surface area contributed by atoms with E-state index in [2.05, 4.69) is 50.3 Å². The first kappa shape index (κ1) is 53.3. The largest absolute Gasteiger partial charge is 0.498 e. The Bertz CT molecular complexity index is 1020. The first-order valence-electron chi connectivity index (χ1n) is 22.4. The van der Waals surface area contributed by atoms with Crippen LogP contribution in [0.4, 0.5) is 0 Å². The normalized spacial score (nSPS) is 14.1. The number of rotatable bonds is 41. The first-order valence-corrected chi connectivity index (χ1v) is 23.9. The standard InChI is InChI=1S/C46H86NO7P/c1-6-8-10-12-14-16-18-20-22-23-24-26-28-30-32-34-36-38-41-51-43-45(44-53-55(49,50)52-42-40-47(3,4)5)54-46(48)39-37-35-33-31-29-27-25-21-19-17-15-13-11-9-7-2/h15,17,21,25,29,31,38,41,45H,6-14,16,18-20,22-24,26-28,30,32-37,39-40,42-44H2,1-5H3/p+1/b17-15-,25-21-,31-29-,41-38-/t45-/m1/s1. The lowest BCUT2D eigenvalue weighted by Gasteiger charge is -2.24. The Morgan fingerprint density at radius 3 is 1.55 bits per heavy atom. The second-order valence-electron chi connectivity index (χ2n) is 16.1. The van der Waals surface area contributed by atoms with Crippen molar-refractivity contribution < 1.29 is 37.3 Å². The van der Waals surface area contributed by atoms with Gasteiger partial charge in [-0.3, -0.25) is 13.8 Å². The molecule has 0 fully saturated rings. The molecule has 0 aliphatic carbocycles. The van der Waals surface area contributed by atoms with Crippen LogP contribution in [0.25, 0.3) is 0 Å². The summed E-state index contributed by atoms with van der Waals surface area (Å²) in [5.41, 5.74) is 0. The quantitative estimate of drug-likeness (QED) is 0.0164. The maximum absolute atomic E-state index is 12.7.